The third kappa shape index (κ3) is 2.12. The zero-order chi connectivity index (χ0) is 11.4. The van der Waals surface area contributed by atoms with Crippen molar-refractivity contribution in [3.8, 4) is 6.07 Å². The predicted octanol–water partition coefficient (Wildman–Crippen LogP) is 2.51. The first-order chi connectivity index (χ1) is 7.83. The number of hydrogen-bond acceptors (Lipinski definition) is 5. The summed E-state index contributed by atoms with van der Waals surface area (Å²) in [5, 5.41) is 9.40. The molecule has 78 valence electrons. The van der Waals surface area contributed by atoms with E-state index in [9.17, 15) is 4.79 Å². The third-order valence-electron chi connectivity index (χ3n) is 1.87. The van der Waals surface area contributed by atoms with Crippen molar-refractivity contribution in [3.05, 3.63) is 41.8 Å². The summed E-state index contributed by atoms with van der Waals surface area (Å²) in [6, 6.07) is 6.93. The van der Waals surface area contributed by atoms with Gasteiger partial charge in [-0.2, -0.15) is 5.26 Å². The fourth-order valence-corrected chi connectivity index (χ4v) is 1.91. The fourth-order valence-electron chi connectivity index (χ4n) is 1.15. The van der Waals surface area contributed by atoms with E-state index in [0.717, 1.165) is 4.90 Å². The highest BCUT2D eigenvalue weighted by molar-refractivity contribution is 7.99. The van der Waals surface area contributed by atoms with Crippen LogP contribution in [0.5, 0.6) is 0 Å². The largest absolute Gasteiger partial charge is 0.440 e. The average Bonchev–Trinajstić information content (AvgIpc) is 2.82. The first kappa shape index (κ1) is 10.5. The van der Waals surface area contributed by atoms with Crippen LogP contribution in [0.15, 0.2) is 45.2 Å². The summed E-state index contributed by atoms with van der Waals surface area (Å²) in [4.78, 5) is 15.2. The van der Waals surface area contributed by atoms with E-state index < -0.39 is 0 Å². The van der Waals surface area contributed by atoms with Gasteiger partial charge in [0.15, 0.2) is 0 Å². The molecule has 1 heterocycles. The molecule has 0 radical (unpaired) electrons. The average molecular weight is 230 g/mol. The lowest BCUT2D eigenvalue weighted by Crippen LogP contribution is -1.86. The number of benzene rings is 1. The molecule has 0 unspecified atom stereocenters. The van der Waals surface area contributed by atoms with E-state index in [1.54, 1.807) is 12.1 Å². The van der Waals surface area contributed by atoms with Crippen molar-refractivity contribution < 1.29 is 9.21 Å². The van der Waals surface area contributed by atoms with Gasteiger partial charge in [-0.1, -0.05) is 6.07 Å². The Bertz CT molecular complexity index is 544. The van der Waals surface area contributed by atoms with Gasteiger partial charge in [-0.3, -0.25) is 4.79 Å². The van der Waals surface area contributed by atoms with Gasteiger partial charge in [-0.15, -0.1) is 0 Å². The van der Waals surface area contributed by atoms with Crippen molar-refractivity contribution >= 4 is 18.0 Å². The summed E-state index contributed by atoms with van der Waals surface area (Å²) < 4.78 is 5.07. The van der Waals surface area contributed by atoms with Crippen LogP contribution in [0.1, 0.15) is 15.9 Å². The molecular formula is C11H6N2O2S. The molecule has 4 nitrogen and oxygen atoms in total. The second-order valence-electron chi connectivity index (χ2n) is 2.89. The van der Waals surface area contributed by atoms with Crippen LogP contribution in [-0.4, -0.2) is 11.3 Å². The second-order valence-corrected chi connectivity index (χ2v) is 3.88. The number of hydrogen-bond donors (Lipinski definition) is 0. The van der Waals surface area contributed by atoms with Gasteiger partial charge in [0.1, 0.15) is 18.6 Å². The number of aldehydes is 1. The molecular weight excluding hydrogens is 224 g/mol. The number of rotatable bonds is 3. The number of aromatic nitrogens is 1. The molecule has 0 N–H and O–H groups in total. The smallest absolute Gasteiger partial charge is 0.260 e. The highest BCUT2D eigenvalue weighted by Gasteiger charge is 2.07. The summed E-state index contributed by atoms with van der Waals surface area (Å²) in [5.74, 6) is 0. The molecule has 16 heavy (non-hydrogen) atoms. The maximum absolute atomic E-state index is 10.6. The number of carbonyl (C=O) groups is 1. The Kier molecular flexibility index (Phi) is 3.03. The molecule has 0 bridgehead atoms. The quantitative estimate of drug-likeness (QED) is 0.758. The topological polar surface area (TPSA) is 66.9 Å². The van der Waals surface area contributed by atoms with Crippen LogP contribution in [0.2, 0.25) is 0 Å². The van der Waals surface area contributed by atoms with Crippen molar-refractivity contribution in [1.82, 2.24) is 4.98 Å². The molecule has 1 aromatic heterocycles. The van der Waals surface area contributed by atoms with E-state index in [0.29, 0.717) is 22.6 Å². The normalized spacial score (nSPS) is 9.69. The number of oxazole rings is 1. The molecule has 0 aliphatic heterocycles. The van der Waals surface area contributed by atoms with Gasteiger partial charge < -0.3 is 4.42 Å². The molecule has 0 spiro atoms. The summed E-state index contributed by atoms with van der Waals surface area (Å²) in [5.41, 5.74) is 0.918. The van der Waals surface area contributed by atoms with Crippen LogP contribution in [0.25, 0.3) is 0 Å². The Morgan fingerprint density at radius 1 is 1.50 bits per heavy atom. The summed E-state index contributed by atoms with van der Waals surface area (Å²) in [7, 11) is 0. The molecule has 1 aromatic carbocycles. The fraction of sp³-hybridized carbons (Fsp3) is 0. The minimum absolute atomic E-state index is 0.438. The zero-order valence-electron chi connectivity index (χ0n) is 8.08. The molecule has 0 amide bonds. The summed E-state index contributed by atoms with van der Waals surface area (Å²) in [6.45, 7) is 0. The Morgan fingerprint density at radius 2 is 2.38 bits per heavy atom. The molecule has 0 saturated heterocycles. The summed E-state index contributed by atoms with van der Waals surface area (Å²) >= 11 is 1.25. The molecule has 0 atom stereocenters. The van der Waals surface area contributed by atoms with E-state index >= 15 is 0 Å². The summed E-state index contributed by atoms with van der Waals surface area (Å²) in [6.07, 6.45) is 3.71. The van der Waals surface area contributed by atoms with Crippen LogP contribution in [0.3, 0.4) is 0 Å². The van der Waals surface area contributed by atoms with Gasteiger partial charge in [0.25, 0.3) is 5.22 Å². The highest BCUT2D eigenvalue weighted by atomic mass is 32.2. The molecule has 0 aliphatic rings. The van der Waals surface area contributed by atoms with Crippen molar-refractivity contribution in [2.75, 3.05) is 0 Å². The van der Waals surface area contributed by atoms with E-state index in [2.05, 4.69) is 4.98 Å². The third-order valence-corrected chi connectivity index (χ3v) is 2.82. The van der Waals surface area contributed by atoms with Crippen LogP contribution < -0.4 is 0 Å². The molecule has 5 heteroatoms. The second kappa shape index (κ2) is 4.64. The van der Waals surface area contributed by atoms with E-state index in [1.165, 1.54) is 30.3 Å². The van der Waals surface area contributed by atoms with Crippen molar-refractivity contribution in [2.45, 2.75) is 10.1 Å². The van der Waals surface area contributed by atoms with E-state index in [-0.39, 0.29) is 0 Å². The molecule has 2 rings (SSSR count). The maximum atomic E-state index is 10.6. The minimum Gasteiger partial charge on any atom is -0.440 e. The monoisotopic (exact) mass is 230 g/mol. The molecule has 0 fully saturated rings. The zero-order valence-corrected chi connectivity index (χ0v) is 8.90. The van der Waals surface area contributed by atoms with Crippen LogP contribution in [-0.2, 0) is 0 Å². The number of nitrogens with zero attached hydrogens (tertiary/aromatic N) is 2. The predicted molar refractivity (Wildman–Crippen MR) is 57.2 cm³/mol. The lowest BCUT2D eigenvalue weighted by molar-refractivity contribution is 0.112. The van der Waals surface area contributed by atoms with E-state index in [4.69, 9.17) is 9.68 Å². The molecule has 0 saturated carbocycles. The van der Waals surface area contributed by atoms with Crippen LogP contribution in [0, 0.1) is 11.3 Å². The number of nitriles is 1. The van der Waals surface area contributed by atoms with Crippen molar-refractivity contribution in [1.29, 1.82) is 5.26 Å². The van der Waals surface area contributed by atoms with Gasteiger partial charge in [0, 0.05) is 10.5 Å². The highest BCUT2D eigenvalue weighted by Crippen LogP contribution is 2.29. The SMILES string of the molecule is N#Cc1cc(C=O)ccc1Sc1ncco1. The standard InChI is InChI=1S/C11H6N2O2S/c12-6-9-5-8(7-14)1-2-10(9)16-11-13-3-4-15-11/h1-5,7H. The van der Waals surface area contributed by atoms with Gasteiger partial charge in [0.05, 0.1) is 11.8 Å². The van der Waals surface area contributed by atoms with Crippen molar-refractivity contribution in [3.63, 3.8) is 0 Å². The van der Waals surface area contributed by atoms with Crippen LogP contribution in [0.4, 0.5) is 0 Å². The van der Waals surface area contributed by atoms with Gasteiger partial charge in [-0.05, 0) is 23.9 Å². The van der Waals surface area contributed by atoms with Gasteiger partial charge in [0.2, 0.25) is 0 Å². The molecule has 0 aliphatic carbocycles. The van der Waals surface area contributed by atoms with Crippen LogP contribution >= 0.6 is 11.8 Å². The number of carbonyl (C=O) groups excluding carboxylic acids is 1. The molecule has 2 aromatic rings. The Hall–Kier alpha value is -2.06. The van der Waals surface area contributed by atoms with Crippen molar-refractivity contribution in [2.24, 2.45) is 0 Å². The Balaban J connectivity index is 2.34. The first-order valence-corrected chi connectivity index (χ1v) is 5.22. The van der Waals surface area contributed by atoms with Gasteiger partial charge >= 0.3 is 0 Å². The Labute approximate surface area is 95.9 Å². The Morgan fingerprint density at radius 3 is 3.00 bits per heavy atom. The van der Waals surface area contributed by atoms with Gasteiger partial charge in [-0.25, -0.2) is 4.98 Å². The minimum atomic E-state index is 0.438. The van der Waals surface area contributed by atoms with E-state index in [1.807, 2.05) is 6.07 Å². The lowest BCUT2D eigenvalue weighted by atomic mass is 10.1. The maximum Gasteiger partial charge on any atom is 0.260 e. The lowest BCUT2D eigenvalue weighted by Gasteiger charge is -2.00. The first-order valence-electron chi connectivity index (χ1n) is 4.40.